The fourth-order valence-corrected chi connectivity index (χ4v) is 1.57. The first kappa shape index (κ1) is 9.71. The molecule has 15 heavy (non-hydrogen) atoms. The number of hydrogen-bond acceptors (Lipinski definition) is 2. The van der Waals surface area contributed by atoms with E-state index >= 15 is 0 Å². The van der Waals surface area contributed by atoms with Gasteiger partial charge in [0.1, 0.15) is 0 Å². The average Bonchev–Trinajstić information content (AvgIpc) is 2.88. The van der Waals surface area contributed by atoms with Gasteiger partial charge in [-0.15, -0.1) is 0 Å². The van der Waals surface area contributed by atoms with E-state index in [9.17, 15) is 4.79 Å². The fourth-order valence-electron chi connectivity index (χ4n) is 1.57. The van der Waals surface area contributed by atoms with E-state index in [0.29, 0.717) is 0 Å². The molecule has 4 nitrogen and oxygen atoms in total. The third kappa shape index (κ3) is 2.34. The molecular weight excluding hydrogens is 190 g/mol. The smallest absolute Gasteiger partial charge is 0.166 e. The van der Waals surface area contributed by atoms with Crippen molar-refractivity contribution in [1.29, 1.82) is 0 Å². The van der Waals surface area contributed by atoms with E-state index in [4.69, 9.17) is 0 Å². The molecule has 4 heteroatoms. The predicted molar refractivity (Wildman–Crippen MR) is 56.7 cm³/mol. The van der Waals surface area contributed by atoms with Crippen molar-refractivity contribution in [3.63, 3.8) is 0 Å². The van der Waals surface area contributed by atoms with Gasteiger partial charge in [-0.2, -0.15) is 5.10 Å². The molecule has 0 unspecified atom stereocenters. The van der Waals surface area contributed by atoms with Crippen molar-refractivity contribution in [2.45, 2.75) is 19.5 Å². The van der Waals surface area contributed by atoms with Crippen LogP contribution < -0.4 is 0 Å². The van der Waals surface area contributed by atoms with Crippen molar-refractivity contribution in [2.75, 3.05) is 0 Å². The van der Waals surface area contributed by atoms with Crippen LogP contribution in [-0.2, 0) is 13.1 Å². The molecule has 0 fully saturated rings. The van der Waals surface area contributed by atoms with E-state index in [1.165, 1.54) is 0 Å². The van der Waals surface area contributed by atoms with Crippen LogP contribution in [0.5, 0.6) is 0 Å². The van der Waals surface area contributed by atoms with E-state index in [2.05, 4.69) is 5.10 Å². The number of aryl methyl sites for hydroxylation is 2. The predicted octanol–water partition coefficient (Wildman–Crippen LogP) is 1.59. The first-order valence-corrected chi connectivity index (χ1v) is 4.98. The Bertz CT molecular complexity index is 417. The third-order valence-electron chi connectivity index (χ3n) is 2.33. The van der Waals surface area contributed by atoms with E-state index in [0.717, 1.165) is 31.5 Å². The zero-order valence-electron chi connectivity index (χ0n) is 8.41. The number of carbonyl (C=O) groups excluding carboxylic acids is 1. The normalized spacial score (nSPS) is 10.4. The van der Waals surface area contributed by atoms with Crippen LogP contribution in [0, 0.1) is 0 Å². The Labute approximate surface area is 88.1 Å². The number of aromatic nitrogens is 3. The standard InChI is InChI=1S/C11H13N3O/c15-10-11-4-1-6-13(11)7-3-9-14-8-2-5-12-14/h1-2,4-6,8,10H,3,7,9H2. The first-order chi connectivity index (χ1) is 7.40. The number of carbonyl (C=O) groups is 1. The molecule has 2 aromatic rings. The van der Waals surface area contributed by atoms with Crippen LogP contribution in [-0.4, -0.2) is 20.6 Å². The summed E-state index contributed by atoms with van der Waals surface area (Å²) in [5.41, 5.74) is 0.732. The Morgan fingerprint density at radius 2 is 2.20 bits per heavy atom. The largest absolute Gasteiger partial charge is 0.345 e. The molecule has 0 aliphatic heterocycles. The van der Waals surface area contributed by atoms with Crippen molar-refractivity contribution in [2.24, 2.45) is 0 Å². The third-order valence-corrected chi connectivity index (χ3v) is 2.33. The Morgan fingerprint density at radius 3 is 2.93 bits per heavy atom. The summed E-state index contributed by atoms with van der Waals surface area (Å²) < 4.78 is 3.85. The number of nitrogens with zero attached hydrogens (tertiary/aromatic N) is 3. The average molecular weight is 203 g/mol. The summed E-state index contributed by atoms with van der Waals surface area (Å²) in [5.74, 6) is 0. The molecule has 0 saturated heterocycles. The second-order valence-corrected chi connectivity index (χ2v) is 3.37. The molecule has 0 saturated carbocycles. The maximum Gasteiger partial charge on any atom is 0.166 e. The lowest BCUT2D eigenvalue weighted by atomic mass is 10.4. The summed E-state index contributed by atoms with van der Waals surface area (Å²) >= 11 is 0. The van der Waals surface area contributed by atoms with Crippen molar-refractivity contribution >= 4 is 6.29 Å². The molecule has 0 aliphatic rings. The molecule has 78 valence electrons. The van der Waals surface area contributed by atoms with Crippen LogP contribution in [0.25, 0.3) is 0 Å². The Kier molecular flexibility index (Phi) is 2.97. The molecule has 2 aromatic heterocycles. The van der Waals surface area contributed by atoms with E-state index in [1.807, 2.05) is 39.8 Å². The number of aldehydes is 1. The van der Waals surface area contributed by atoms with Crippen LogP contribution in [0.2, 0.25) is 0 Å². The van der Waals surface area contributed by atoms with Gasteiger partial charge in [0.2, 0.25) is 0 Å². The SMILES string of the molecule is O=Cc1cccn1CCCn1cccn1. The second-order valence-electron chi connectivity index (χ2n) is 3.37. The van der Waals surface area contributed by atoms with Gasteiger partial charge in [-0.25, -0.2) is 0 Å². The highest BCUT2D eigenvalue weighted by atomic mass is 16.1. The highest BCUT2D eigenvalue weighted by Crippen LogP contribution is 2.01. The quantitative estimate of drug-likeness (QED) is 0.692. The van der Waals surface area contributed by atoms with Crippen molar-refractivity contribution in [3.05, 3.63) is 42.5 Å². The Balaban J connectivity index is 1.86. The summed E-state index contributed by atoms with van der Waals surface area (Å²) in [6.45, 7) is 1.73. The molecular formula is C11H13N3O. The summed E-state index contributed by atoms with van der Waals surface area (Å²) in [6.07, 6.45) is 7.49. The number of rotatable bonds is 5. The van der Waals surface area contributed by atoms with E-state index in [-0.39, 0.29) is 0 Å². The van der Waals surface area contributed by atoms with Crippen LogP contribution in [0.3, 0.4) is 0 Å². The molecule has 0 amide bonds. The monoisotopic (exact) mass is 203 g/mol. The zero-order chi connectivity index (χ0) is 10.5. The van der Waals surface area contributed by atoms with Crippen molar-refractivity contribution in [3.8, 4) is 0 Å². The summed E-state index contributed by atoms with van der Waals surface area (Å²) in [5, 5.41) is 4.12. The summed E-state index contributed by atoms with van der Waals surface area (Å²) in [6, 6.07) is 5.62. The molecule has 0 N–H and O–H groups in total. The maximum absolute atomic E-state index is 10.6. The van der Waals surface area contributed by atoms with Crippen LogP contribution >= 0.6 is 0 Å². The summed E-state index contributed by atoms with van der Waals surface area (Å²) in [7, 11) is 0. The lowest BCUT2D eigenvalue weighted by molar-refractivity contribution is 0.111. The molecule has 2 rings (SSSR count). The van der Waals surface area contributed by atoms with Gasteiger partial charge in [0.05, 0.1) is 5.69 Å². The fraction of sp³-hybridized carbons (Fsp3) is 0.273. The molecule has 0 atom stereocenters. The molecule has 0 bridgehead atoms. The minimum atomic E-state index is 0.732. The second kappa shape index (κ2) is 4.59. The lowest BCUT2D eigenvalue weighted by Crippen LogP contribution is -2.05. The van der Waals surface area contributed by atoms with Gasteiger partial charge in [0.25, 0.3) is 0 Å². The molecule has 2 heterocycles. The topological polar surface area (TPSA) is 39.8 Å². The highest BCUT2D eigenvalue weighted by molar-refractivity contribution is 5.72. The highest BCUT2D eigenvalue weighted by Gasteiger charge is 1.98. The van der Waals surface area contributed by atoms with Crippen LogP contribution in [0.4, 0.5) is 0 Å². The minimum Gasteiger partial charge on any atom is -0.345 e. The van der Waals surface area contributed by atoms with E-state index < -0.39 is 0 Å². The van der Waals surface area contributed by atoms with Crippen LogP contribution in [0.1, 0.15) is 16.9 Å². The Morgan fingerprint density at radius 1 is 1.27 bits per heavy atom. The Hall–Kier alpha value is -1.84. The minimum absolute atomic E-state index is 0.732. The van der Waals surface area contributed by atoms with Gasteiger partial charge in [0, 0.05) is 31.7 Å². The maximum atomic E-state index is 10.6. The van der Waals surface area contributed by atoms with Gasteiger partial charge in [-0.1, -0.05) is 0 Å². The molecule has 0 radical (unpaired) electrons. The summed E-state index contributed by atoms with van der Waals surface area (Å²) in [4.78, 5) is 10.6. The molecule has 0 spiro atoms. The zero-order valence-corrected chi connectivity index (χ0v) is 8.41. The van der Waals surface area contributed by atoms with Crippen LogP contribution in [0.15, 0.2) is 36.8 Å². The molecule has 0 aliphatic carbocycles. The lowest BCUT2D eigenvalue weighted by Gasteiger charge is -2.05. The molecule has 0 aromatic carbocycles. The van der Waals surface area contributed by atoms with Gasteiger partial charge in [-0.3, -0.25) is 9.48 Å². The van der Waals surface area contributed by atoms with Crippen molar-refractivity contribution in [1.82, 2.24) is 14.3 Å². The van der Waals surface area contributed by atoms with E-state index in [1.54, 1.807) is 6.20 Å². The van der Waals surface area contributed by atoms with Gasteiger partial charge in [0.15, 0.2) is 6.29 Å². The van der Waals surface area contributed by atoms with Gasteiger partial charge in [-0.05, 0) is 24.6 Å². The van der Waals surface area contributed by atoms with Gasteiger partial charge < -0.3 is 4.57 Å². The van der Waals surface area contributed by atoms with Crippen molar-refractivity contribution < 1.29 is 4.79 Å². The van der Waals surface area contributed by atoms with Gasteiger partial charge >= 0.3 is 0 Å². The first-order valence-electron chi connectivity index (χ1n) is 4.98. The number of hydrogen-bond donors (Lipinski definition) is 0.